The number of aliphatic hydroxyl groups is 1. The minimum Gasteiger partial charge on any atom is -0.491 e. The summed E-state index contributed by atoms with van der Waals surface area (Å²) in [7, 11) is 2.12. The van der Waals surface area contributed by atoms with Gasteiger partial charge in [-0.2, -0.15) is 0 Å². The lowest BCUT2D eigenvalue weighted by Gasteiger charge is -2.37. The topological polar surface area (TPSA) is 56.2 Å². The number of likely N-dealkylation sites (tertiary alicyclic amines) is 1. The van der Waals surface area contributed by atoms with Gasteiger partial charge in [-0.15, -0.1) is 0 Å². The zero-order valence-corrected chi connectivity index (χ0v) is 15.4. The number of ether oxygens (including phenoxy) is 1. The van der Waals surface area contributed by atoms with Gasteiger partial charge in [-0.1, -0.05) is 0 Å². The van der Waals surface area contributed by atoms with E-state index in [4.69, 9.17) is 4.74 Å². The third-order valence-corrected chi connectivity index (χ3v) is 5.03. The monoisotopic (exact) mass is 347 g/mol. The summed E-state index contributed by atoms with van der Waals surface area (Å²) < 4.78 is 5.62. The fourth-order valence-corrected chi connectivity index (χ4v) is 3.58. The molecule has 6 nitrogen and oxygen atoms in total. The van der Waals surface area contributed by atoms with Crippen LogP contribution in [-0.4, -0.2) is 90.3 Å². The van der Waals surface area contributed by atoms with Crippen molar-refractivity contribution in [3.8, 4) is 5.75 Å². The van der Waals surface area contributed by atoms with Crippen LogP contribution in [0.5, 0.6) is 5.75 Å². The average Bonchev–Trinajstić information content (AvgIpc) is 2.97. The van der Waals surface area contributed by atoms with Crippen LogP contribution in [-0.2, 0) is 0 Å². The first-order valence-electron chi connectivity index (χ1n) is 9.10. The molecule has 0 spiro atoms. The largest absolute Gasteiger partial charge is 0.491 e. The lowest BCUT2D eigenvalue weighted by atomic mass is 10.1. The molecule has 2 fully saturated rings. The van der Waals surface area contributed by atoms with Crippen LogP contribution in [0.1, 0.15) is 24.2 Å². The number of aliphatic hydroxyl groups excluding tert-OH is 1. The molecule has 2 atom stereocenters. The first kappa shape index (κ1) is 18.2. The second kappa shape index (κ2) is 7.72. The van der Waals surface area contributed by atoms with Gasteiger partial charge in [0.05, 0.1) is 18.2 Å². The first-order chi connectivity index (χ1) is 11.9. The molecule has 1 N–H and O–H groups in total. The van der Waals surface area contributed by atoms with Gasteiger partial charge < -0.3 is 19.6 Å². The van der Waals surface area contributed by atoms with Crippen molar-refractivity contribution < 1.29 is 14.6 Å². The van der Waals surface area contributed by atoms with Crippen LogP contribution in [0.15, 0.2) is 24.3 Å². The lowest BCUT2D eigenvalue weighted by molar-refractivity contribution is 0.0512. The standard InChI is InChI=1S/C19H29N3O3/c1-14(2)25-16-6-4-15(5-7-16)19(24)22-12-17(18(23)13-22)21-10-8-20(3)9-11-21/h4-7,14,17-18,23H,8-13H2,1-3H3/t17-,18-/m1/s1. The molecule has 2 heterocycles. The Bertz CT molecular complexity index is 582. The summed E-state index contributed by atoms with van der Waals surface area (Å²) in [4.78, 5) is 19.1. The first-order valence-corrected chi connectivity index (χ1v) is 9.10. The van der Waals surface area contributed by atoms with Crippen molar-refractivity contribution in [2.24, 2.45) is 0 Å². The Balaban J connectivity index is 1.61. The number of nitrogens with zero attached hydrogens (tertiary/aromatic N) is 3. The number of amides is 1. The summed E-state index contributed by atoms with van der Waals surface area (Å²) in [6, 6.07) is 7.31. The zero-order valence-electron chi connectivity index (χ0n) is 15.4. The van der Waals surface area contributed by atoms with E-state index >= 15 is 0 Å². The molecule has 1 aromatic carbocycles. The second-order valence-electron chi connectivity index (χ2n) is 7.38. The van der Waals surface area contributed by atoms with Crippen LogP contribution >= 0.6 is 0 Å². The van der Waals surface area contributed by atoms with Crippen LogP contribution < -0.4 is 4.74 Å². The summed E-state index contributed by atoms with van der Waals surface area (Å²) in [6.45, 7) is 8.85. The molecule has 0 radical (unpaired) electrons. The number of β-amino-alcohol motifs (C(OH)–C–C–N with tert-alkyl or cyclic N) is 1. The molecule has 2 aliphatic rings. The molecule has 1 aromatic rings. The summed E-state index contributed by atoms with van der Waals surface area (Å²) in [5.74, 6) is 0.745. The maximum atomic E-state index is 12.8. The number of carbonyl (C=O) groups is 1. The quantitative estimate of drug-likeness (QED) is 0.877. The molecule has 6 heteroatoms. The highest BCUT2D eigenvalue weighted by molar-refractivity contribution is 5.94. The molecule has 3 rings (SSSR count). The summed E-state index contributed by atoms with van der Waals surface area (Å²) in [5, 5.41) is 10.4. The molecule has 0 unspecified atom stereocenters. The van der Waals surface area contributed by atoms with Gasteiger partial charge in [0.1, 0.15) is 5.75 Å². The van der Waals surface area contributed by atoms with E-state index < -0.39 is 6.10 Å². The van der Waals surface area contributed by atoms with Gasteiger partial charge in [0, 0.05) is 44.8 Å². The molecule has 0 bridgehead atoms. The van der Waals surface area contributed by atoms with Crippen molar-refractivity contribution >= 4 is 5.91 Å². The van der Waals surface area contributed by atoms with Gasteiger partial charge in [0.2, 0.25) is 0 Å². The van der Waals surface area contributed by atoms with Gasteiger partial charge in [-0.25, -0.2) is 0 Å². The SMILES string of the molecule is CC(C)Oc1ccc(C(=O)N2C[C@@H](O)[C@H](N3CCN(C)CC3)C2)cc1. The Morgan fingerprint density at radius 2 is 1.76 bits per heavy atom. The van der Waals surface area contributed by atoms with Gasteiger partial charge in [-0.05, 0) is 45.2 Å². The Hall–Kier alpha value is -1.63. The van der Waals surface area contributed by atoms with E-state index in [-0.39, 0.29) is 18.1 Å². The highest BCUT2D eigenvalue weighted by atomic mass is 16.5. The summed E-state index contributed by atoms with van der Waals surface area (Å²) in [5.41, 5.74) is 0.641. The Morgan fingerprint density at radius 3 is 2.36 bits per heavy atom. The third-order valence-electron chi connectivity index (χ3n) is 5.03. The number of likely N-dealkylation sites (N-methyl/N-ethyl adjacent to an activating group) is 1. The van der Waals surface area contributed by atoms with E-state index in [0.717, 1.165) is 31.9 Å². The van der Waals surface area contributed by atoms with E-state index in [1.807, 2.05) is 26.0 Å². The lowest BCUT2D eigenvalue weighted by Crippen LogP contribution is -2.52. The number of benzene rings is 1. The number of piperazine rings is 1. The van der Waals surface area contributed by atoms with Crippen molar-refractivity contribution in [2.45, 2.75) is 32.1 Å². The molecular weight excluding hydrogens is 318 g/mol. The number of hydrogen-bond acceptors (Lipinski definition) is 5. The van der Waals surface area contributed by atoms with E-state index in [0.29, 0.717) is 18.7 Å². The summed E-state index contributed by atoms with van der Waals surface area (Å²) >= 11 is 0. The predicted molar refractivity (Wildman–Crippen MR) is 97.0 cm³/mol. The van der Waals surface area contributed by atoms with Gasteiger partial charge in [-0.3, -0.25) is 9.69 Å². The van der Waals surface area contributed by atoms with Crippen LogP contribution in [0.3, 0.4) is 0 Å². The van der Waals surface area contributed by atoms with E-state index in [9.17, 15) is 9.90 Å². The fraction of sp³-hybridized carbons (Fsp3) is 0.632. The van der Waals surface area contributed by atoms with Crippen molar-refractivity contribution in [3.05, 3.63) is 29.8 Å². The number of rotatable bonds is 4. The highest BCUT2D eigenvalue weighted by Gasteiger charge is 2.38. The Morgan fingerprint density at radius 1 is 1.12 bits per heavy atom. The predicted octanol–water partition coefficient (Wildman–Crippen LogP) is 0.907. The molecule has 2 aliphatic heterocycles. The molecule has 0 aliphatic carbocycles. The Kier molecular flexibility index (Phi) is 5.61. The molecule has 0 saturated carbocycles. The minimum absolute atomic E-state index is 0.0215. The van der Waals surface area contributed by atoms with Crippen molar-refractivity contribution in [1.82, 2.24) is 14.7 Å². The van der Waals surface area contributed by atoms with Crippen LogP contribution in [0.4, 0.5) is 0 Å². The van der Waals surface area contributed by atoms with E-state index in [1.54, 1.807) is 17.0 Å². The van der Waals surface area contributed by atoms with E-state index in [1.165, 1.54) is 0 Å². The van der Waals surface area contributed by atoms with Crippen LogP contribution in [0.2, 0.25) is 0 Å². The second-order valence-corrected chi connectivity index (χ2v) is 7.38. The molecule has 138 valence electrons. The fourth-order valence-electron chi connectivity index (χ4n) is 3.58. The van der Waals surface area contributed by atoms with Gasteiger partial charge in [0.25, 0.3) is 5.91 Å². The number of hydrogen-bond donors (Lipinski definition) is 1. The smallest absolute Gasteiger partial charge is 0.254 e. The normalized spacial score (nSPS) is 25.6. The maximum Gasteiger partial charge on any atom is 0.254 e. The number of carbonyl (C=O) groups excluding carboxylic acids is 1. The van der Waals surface area contributed by atoms with Gasteiger partial charge in [0.15, 0.2) is 0 Å². The molecular formula is C19H29N3O3. The zero-order chi connectivity index (χ0) is 18.0. The average molecular weight is 347 g/mol. The Labute approximate surface area is 150 Å². The molecule has 0 aromatic heterocycles. The van der Waals surface area contributed by atoms with Crippen molar-refractivity contribution in [3.63, 3.8) is 0 Å². The maximum absolute atomic E-state index is 12.8. The van der Waals surface area contributed by atoms with Crippen LogP contribution in [0, 0.1) is 0 Å². The molecule has 1 amide bonds. The molecule has 2 saturated heterocycles. The summed E-state index contributed by atoms with van der Waals surface area (Å²) in [6.07, 6.45) is -0.365. The van der Waals surface area contributed by atoms with Crippen molar-refractivity contribution in [1.29, 1.82) is 0 Å². The van der Waals surface area contributed by atoms with Crippen molar-refractivity contribution in [2.75, 3.05) is 46.3 Å². The third kappa shape index (κ3) is 4.32. The van der Waals surface area contributed by atoms with Crippen LogP contribution in [0.25, 0.3) is 0 Å². The minimum atomic E-state index is -0.476. The van der Waals surface area contributed by atoms with E-state index in [2.05, 4.69) is 16.8 Å². The highest BCUT2D eigenvalue weighted by Crippen LogP contribution is 2.21. The molecule has 25 heavy (non-hydrogen) atoms. The van der Waals surface area contributed by atoms with Gasteiger partial charge >= 0.3 is 0 Å².